The topological polar surface area (TPSA) is 75.4 Å². The molecule has 96 valence electrons. The average Bonchev–Trinajstić information content (AvgIpc) is 2.56. The molecule has 2 N–H and O–H groups in total. The highest BCUT2D eigenvalue weighted by atomic mass is 16.5. The highest BCUT2D eigenvalue weighted by Gasteiger charge is 2.12. The average molecular weight is 240 g/mol. The lowest BCUT2D eigenvalue weighted by molar-refractivity contribution is -0.121. The second kappa shape index (κ2) is 6.39. The third-order valence-electron chi connectivity index (χ3n) is 2.75. The Kier molecular flexibility index (Phi) is 5.15. The molecule has 1 rings (SSSR count). The molecule has 0 radical (unpaired) electrons. The molecule has 0 saturated carbocycles. The number of carbonyl (C=O) groups excluding carboxylic acids is 1. The number of aromatic nitrogens is 1. The number of aliphatic hydroxyl groups excluding tert-OH is 1. The molecule has 1 unspecified atom stereocenters. The lowest BCUT2D eigenvalue weighted by Gasteiger charge is -2.12. The molecule has 0 aromatic carbocycles. The van der Waals surface area contributed by atoms with E-state index in [1.807, 2.05) is 20.8 Å². The van der Waals surface area contributed by atoms with Crippen molar-refractivity contribution in [1.82, 2.24) is 10.5 Å². The molecule has 17 heavy (non-hydrogen) atoms. The zero-order chi connectivity index (χ0) is 12.8. The van der Waals surface area contributed by atoms with E-state index in [2.05, 4.69) is 10.5 Å². The number of nitrogens with one attached hydrogen (secondary N) is 1. The Morgan fingerprint density at radius 1 is 1.53 bits per heavy atom. The van der Waals surface area contributed by atoms with Gasteiger partial charge in [0.15, 0.2) is 0 Å². The molecule has 1 aromatic heterocycles. The number of hydrogen-bond acceptors (Lipinski definition) is 4. The van der Waals surface area contributed by atoms with E-state index in [4.69, 9.17) is 9.63 Å². The van der Waals surface area contributed by atoms with Crippen molar-refractivity contribution in [2.75, 3.05) is 6.61 Å². The van der Waals surface area contributed by atoms with Gasteiger partial charge in [-0.2, -0.15) is 0 Å². The fourth-order valence-corrected chi connectivity index (χ4v) is 1.71. The maximum atomic E-state index is 11.6. The third kappa shape index (κ3) is 4.19. The van der Waals surface area contributed by atoms with E-state index in [0.29, 0.717) is 19.3 Å². The van der Waals surface area contributed by atoms with E-state index in [0.717, 1.165) is 17.0 Å². The normalized spacial score (nSPS) is 12.5. The number of nitrogens with zero attached hydrogens (tertiary/aromatic N) is 1. The van der Waals surface area contributed by atoms with E-state index >= 15 is 0 Å². The lowest BCUT2D eigenvalue weighted by Crippen LogP contribution is -2.33. The van der Waals surface area contributed by atoms with Gasteiger partial charge in [0, 0.05) is 24.6 Å². The number of aryl methyl sites for hydroxylation is 2. The van der Waals surface area contributed by atoms with Crippen LogP contribution in [0, 0.1) is 13.8 Å². The van der Waals surface area contributed by atoms with Gasteiger partial charge in [0.2, 0.25) is 5.91 Å². The van der Waals surface area contributed by atoms with Crippen molar-refractivity contribution in [1.29, 1.82) is 0 Å². The summed E-state index contributed by atoms with van der Waals surface area (Å²) < 4.78 is 5.03. The van der Waals surface area contributed by atoms with Crippen molar-refractivity contribution in [2.24, 2.45) is 0 Å². The van der Waals surface area contributed by atoms with Crippen molar-refractivity contribution in [2.45, 2.75) is 46.1 Å². The first kappa shape index (κ1) is 13.7. The smallest absolute Gasteiger partial charge is 0.220 e. The minimum Gasteiger partial charge on any atom is -0.396 e. The fourth-order valence-electron chi connectivity index (χ4n) is 1.71. The molecule has 5 nitrogen and oxygen atoms in total. The molecule has 0 aliphatic rings. The van der Waals surface area contributed by atoms with Gasteiger partial charge in [-0.25, -0.2) is 0 Å². The Morgan fingerprint density at radius 3 is 2.76 bits per heavy atom. The van der Waals surface area contributed by atoms with Gasteiger partial charge >= 0.3 is 0 Å². The summed E-state index contributed by atoms with van der Waals surface area (Å²) in [4.78, 5) is 11.6. The van der Waals surface area contributed by atoms with Crippen LogP contribution in [0.15, 0.2) is 4.52 Å². The number of carbonyl (C=O) groups is 1. The van der Waals surface area contributed by atoms with Gasteiger partial charge in [-0.1, -0.05) is 5.16 Å². The highest BCUT2D eigenvalue weighted by Crippen LogP contribution is 2.14. The van der Waals surface area contributed by atoms with Gasteiger partial charge in [-0.05, 0) is 33.6 Å². The van der Waals surface area contributed by atoms with E-state index in [-0.39, 0.29) is 18.6 Å². The van der Waals surface area contributed by atoms with Gasteiger partial charge in [0.25, 0.3) is 0 Å². The van der Waals surface area contributed by atoms with Gasteiger partial charge < -0.3 is 14.9 Å². The van der Waals surface area contributed by atoms with Crippen LogP contribution in [0.25, 0.3) is 0 Å². The number of rotatable bonds is 6. The van der Waals surface area contributed by atoms with Crippen LogP contribution in [0.5, 0.6) is 0 Å². The summed E-state index contributed by atoms with van der Waals surface area (Å²) in [5, 5.41) is 15.4. The van der Waals surface area contributed by atoms with E-state index in [1.54, 1.807) is 0 Å². The second-order valence-electron chi connectivity index (χ2n) is 4.28. The largest absolute Gasteiger partial charge is 0.396 e. The first-order valence-corrected chi connectivity index (χ1v) is 5.86. The summed E-state index contributed by atoms with van der Waals surface area (Å²) in [5.41, 5.74) is 1.86. The second-order valence-corrected chi connectivity index (χ2v) is 4.28. The summed E-state index contributed by atoms with van der Waals surface area (Å²) >= 11 is 0. The van der Waals surface area contributed by atoms with Gasteiger partial charge in [0.05, 0.1) is 5.69 Å². The van der Waals surface area contributed by atoms with Crippen molar-refractivity contribution >= 4 is 5.91 Å². The maximum absolute atomic E-state index is 11.6. The molecular formula is C12H20N2O3. The molecule has 1 aromatic rings. The quantitative estimate of drug-likeness (QED) is 0.781. The Balaban J connectivity index is 2.38. The van der Waals surface area contributed by atoms with E-state index in [1.165, 1.54) is 0 Å². The molecule has 0 saturated heterocycles. The fraction of sp³-hybridized carbons (Fsp3) is 0.667. The predicted molar refractivity (Wildman–Crippen MR) is 63.6 cm³/mol. The Bertz CT molecular complexity index is 354. The SMILES string of the molecule is Cc1noc(C)c1CCC(=O)NC(C)CCO. The number of amides is 1. The molecule has 0 fully saturated rings. The Labute approximate surface area is 101 Å². The summed E-state index contributed by atoms with van der Waals surface area (Å²) in [6.07, 6.45) is 1.63. The van der Waals surface area contributed by atoms with Crippen LogP contribution in [-0.4, -0.2) is 28.8 Å². The molecule has 0 spiro atoms. The van der Waals surface area contributed by atoms with Gasteiger partial charge in [0.1, 0.15) is 5.76 Å². The van der Waals surface area contributed by atoms with Crippen molar-refractivity contribution < 1.29 is 14.4 Å². The molecule has 0 aliphatic heterocycles. The highest BCUT2D eigenvalue weighted by molar-refractivity contribution is 5.76. The Hall–Kier alpha value is -1.36. The van der Waals surface area contributed by atoms with Crippen LogP contribution in [0.4, 0.5) is 0 Å². The van der Waals surface area contributed by atoms with Crippen LogP contribution < -0.4 is 5.32 Å². The van der Waals surface area contributed by atoms with Crippen LogP contribution in [0.3, 0.4) is 0 Å². The Morgan fingerprint density at radius 2 is 2.24 bits per heavy atom. The first-order valence-electron chi connectivity index (χ1n) is 5.86. The summed E-state index contributed by atoms with van der Waals surface area (Å²) in [7, 11) is 0. The zero-order valence-corrected chi connectivity index (χ0v) is 10.6. The van der Waals surface area contributed by atoms with E-state index in [9.17, 15) is 4.79 Å². The van der Waals surface area contributed by atoms with Gasteiger partial charge in [-0.3, -0.25) is 4.79 Å². The summed E-state index contributed by atoms with van der Waals surface area (Å²) in [6.45, 7) is 5.69. The standard InChI is InChI=1S/C12H20N2O3/c1-8(6-7-15)13-12(16)5-4-11-9(2)14-17-10(11)3/h8,15H,4-7H2,1-3H3,(H,13,16). The van der Waals surface area contributed by atoms with Crippen LogP contribution >= 0.6 is 0 Å². The van der Waals surface area contributed by atoms with Crippen molar-refractivity contribution in [3.05, 3.63) is 17.0 Å². The van der Waals surface area contributed by atoms with Gasteiger partial charge in [-0.15, -0.1) is 0 Å². The van der Waals surface area contributed by atoms with Crippen LogP contribution in [0.2, 0.25) is 0 Å². The number of hydrogen-bond donors (Lipinski definition) is 2. The molecular weight excluding hydrogens is 220 g/mol. The third-order valence-corrected chi connectivity index (χ3v) is 2.75. The van der Waals surface area contributed by atoms with Crippen molar-refractivity contribution in [3.63, 3.8) is 0 Å². The monoisotopic (exact) mass is 240 g/mol. The number of aliphatic hydroxyl groups is 1. The lowest BCUT2D eigenvalue weighted by atomic mass is 10.1. The molecule has 1 amide bonds. The first-order chi connectivity index (χ1) is 8.04. The molecule has 0 aliphatic carbocycles. The molecule has 1 heterocycles. The predicted octanol–water partition coefficient (Wildman–Crippen LogP) is 1.11. The molecule has 5 heteroatoms. The zero-order valence-electron chi connectivity index (χ0n) is 10.6. The molecule has 0 bridgehead atoms. The minimum absolute atomic E-state index is 0.00838. The molecule has 1 atom stereocenters. The summed E-state index contributed by atoms with van der Waals surface area (Å²) in [6, 6.07) is 0.0113. The maximum Gasteiger partial charge on any atom is 0.220 e. The van der Waals surface area contributed by atoms with Crippen LogP contribution in [-0.2, 0) is 11.2 Å². The minimum atomic E-state index is -0.00838. The van der Waals surface area contributed by atoms with Crippen LogP contribution in [0.1, 0.15) is 36.8 Å². The summed E-state index contributed by atoms with van der Waals surface area (Å²) in [5.74, 6) is 0.768. The van der Waals surface area contributed by atoms with E-state index < -0.39 is 0 Å². The van der Waals surface area contributed by atoms with Crippen molar-refractivity contribution in [3.8, 4) is 0 Å².